The number of methoxy groups -OCH3 is 2. The molecule has 0 aliphatic carbocycles. The fraction of sp³-hybridized carbons (Fsp3) is 0.0952. The third kappa shape index (κ3) is 3.01. The van der Waals surface area contributed by atoms with E-state index in [4.69, 9.17) is 9.47 Å². The molecule has 0 bridgehead atoms. The fourth-order valence-electron chi connectivity index (χ4n) is 2.74. The average molecular weight is 318 g/mol. The van der Waals surface area contributed by atoms with Gasteiger partial charge >= 0.3 is 0 Å². The molecule has 0 aliphatic heterocycles. The maximum absolute atomic E-state index is 11.8. The zero-order valence-corrected chi connectivity index (χ0v) is 13.7. The summed E-state index contributed by atoms with van der Waals surface area (Å²) in [6.07, 6.45) is 0.916. The maximum atomic E-state index is 11.8. The van der Waals surface area contributed by atoms with Crippen molar-refractivity contribution < 1.29 is 14.3 Å². The van der Waals surface area contributed by atoms with E-state index in [-0.39, 0.29) is 0 Å². The van der Waals surface area contributed by atoms with Crippen molar-refractivity contribution in [3.8, 4) is 33.8 Å². The highest BCUT2D eigenvalue weighted by molar-refractivity contribution is 5.96. The Balaban J connectivity index is 2.09. The van der Waals surface area contributed by atoms with Crippen LogP contribution in [-0.2, 0) is 0 Å². The summed E-state index contributed by atoms with van der Waals surface area (Å²) in [6.45, 7) is 0. The second-order valence-electron chi connectivity index (χ2n) is 5.34. The van der Waals surface area contributed by atoms with E-state index in [2.05, 4.69) is 0 Å². The van der Waals surface area contributed by atoms with Crippen molar-refractivity contribution in [1.82, 2.24) is 0 Å². The van der Waals surface area contributed by atoms with Crippen molar-refractivity contribution >= 4 is 6.29 Å². The van der Waals surface area contributed by atoms with Gasteiger partial charge in [0.2, 0.25) is 0 Å². The summed E-state index contributed by atoms with van der Waals surface area (Å²) < 4.78 is 10.4. The van der Waals surface area contributed by atoms with Crippen LogP contribution in [0.15, 0.2) is 66.7 Å². The van der Waals surface area contributed by atoms with Crippen molar-refractivity contribution in [3.63, 3.8) is 0 Å². The van der Waals surface area contributed by atoms with Gasteiger partial charge in [0.25, 0.3) is 0 Å². The van der Waals surface area contributed by atoms with E-state index in [9.17, 15) is 4.79 Å². The molecular formula is C21H18O3. The molecule has 0 fully saturated rings. The van der Waals surface area contributed by atoms with Gasteiger partial charge in [-0.15, -0.1) is 0 Å². The first kappa shape index (κ1) is 15.8. The summed E-state index contributed by atoms with van der Waals surface area (Å²) in [5.41, 5.74) is 4.44. The standard InChI is InChI=1S/C21H18O3/c1-23-17-10-6-15(7-11-17)19-4-3-5-20(21(19)14-22)16-8-12-18(24-2)13-9-16/h3-14H,1-2H3. The molecule has 3 aromatic carbocycles. The van der Waals surface area contributed by atoms with E-state index in [1.807, 2.05) is 66.7 Å². The van der Waals surface area contributed by atoms with E-state index in [1.165, 1.54) is 0 Å². The van der Waals surface area contributed by atoms with Crippen LogP contribution in [0.4, 0.5) is 0 Å². The van der Waals surface area contributed by atoms with E-state index >= 15 is 0 Å². The Morgan fingerprint density at radius 2 is 1.08 bits per heavy atom. The summed E-state index contributed by atoms with van der Waals surface area (Å²) in [7, 11) is 3.27. The van der Waals surface area contributed by atoms with Crippen LogP contribution in [0.2, 0.25) is 0 Å². The first-order valence-corrected chi connectivity index (χ1v) is 7.64. The van der Waals surface area contributed by atoms with Crippen molar-refractivity contribution in [2.45, 2.75) is 0 Å². The minimum atomic E-state index is 0.674. The Morgan fingerprint density at radius 1 is 0.667 bits per heavy atom. The Labute approximate surface area is 141 Å². The minimum absolute atomic E-state index is 0.674. The number of rotatable bonds is 5. The summed E-state index contributed by atoms with van der Waals surface area (Å²) >= 11 is 0. The van der Waals surface area contributed by atoms with Crippen LogP contribution in [0.5, 0.6) is 11.5 Å². The van der Waals surface area contributed by atoms with Gasteiger partial charge in [0, 0.05) is 5.56 Å². The molecular weight excluding hydrogens is 300 g/mol. The molecule has 0 radical (unpaired) electrons. The number of ether oxygens (including phenoxy) is 2. The molecule has 24 heavy (non-hydrogen) atoms. The lowest BCUT2D eigenvalue weighted by molar-refractivity contribution is 0.112. The third-order valence-corrected chi connectivity index (χ3v) is 4.03. The summed E-state index contributed by atoms with van der Waals surface area (Å²) in [6, 6.07) is 21.3. The van der Waals surface area contributed by atoms with Gasteiger partial charge in [0.1, 0.15) is 11.5 Å². The Kier molecular flexibility index (Phi) is 4.62. The van der Waals surface area contributed by atoms with E-state index in [0.717, 1.165) is 40.0 Å². The lowest BCUT2D eigenvalue weighted by Crippen LogP contribution is -1.93. The molecule has 0 aromatic heterocycles. The van der Waals surface area contributed by atoms with Gasteiger partial charge < -0.3 is 9.47 Å². The Morgan fingerprint density at radius 3 is 1.42 bits per heavy atom. The van der Waals surface area contributed by atoms with Crippen LogP contribution in [0.25, 0.3) is 22.3 Å². The lowest BCUT2D eigenvalue weighted by Gasteiger charge is -2.12. The molecule has 0 atom stereocenters. The molecule has 0 aliphatic rings. The third-order valence-electron chi connectivity index (χ3n) is 4.03. The Hall–Kier alpha value is -3.07. The first-order chi connectivity index (χ1) is 11.8. The second kappa shape index (κ2) is 7.01. The smallest absolute Gasteiger partial charge is 0.151 e. The lowest BCUT2D eigenvalue weighted by atomic mass is 9.92. The molecule has 3 aromatic rings. The number of carbonyl (C=O) groups excluding carboxylic acids is 1. The largest absolute Gasteiger partial charge is 0.497 e. The van der Waals surface area contributed by atoms with Crippen molar-refractivity contribution in [3.05, 3.63) is 72.3 Å². The zero-order chi connectivity index (χ0) is 16.9. The van der Waals surface area contributed by atoms with E-state index < -0.39 is 0 Å². The van der Waals surface area contributed by atoms with Gasteiger partial charge in [-0.2, -0.15) is 0 Å². The molecule has 3 heteroatoms. The zero-order valence-electron chi connectivity index (χ0n) is 13.7. The van der Waals surface area contributed by atoms with Crippen LogP contribution >= 0.6 is 0 Å². The van der Waals surface area contributed by atoms with Crippen LogP contribution in [-0.4, -0.2) is 20.5 Å². The van der Waals surface area contributed by atoms with Crippen LogP contribution in [0.1, 0.15) is 10.4 Å². The molecule has 3 nitrogen and oxygen atoms in total. The van der Waals surface area contributed by atoms with Gasteiger partial charge in [-0.25, -0.2) is 0 Å². The highest BCUT2D eigenvalue weighted by atomic mass is 16.5. The molecule has 0 saturated heterocycles. The van der Waals surface area contributed by atoms with Gasteiger partial charge in [0.05, 0.1) is 14.2 Å². The maximum Gasteiger partial charge on any atom is 0.151 e. The average Bonchev–Trinajstić information content (AvgIpc) is 2.67. The van der Waals surface area contributed by atoms with E-state index in [0.29, 0.717) is 5.56 Å². The SMILES string of the molecule is COc1ccc(-c2cccc(-c3ccc(OC)cc3)c2C=O)cc1. The van der Waals surface area contributed by atoms with Crippen LogP contribution < -0.4 is 9.47 Å². The predicted octanol–water partition coefficient (Wildman–Crippen LogP) is 4.85. The summed E-state index contributed by atoms with van der Waals surface area (Å²) in [4.78, 5) is 11.8. The number of carbonyl (C=O) groups is 1. The normalized spacial score (nSPS) is 10.2. The molecule has 0 unspecified atom stereocenters. The van der Waals surface area contributed by atoms with Gasteiger partial charge in [-0.05, 0) is 46.5 Å². The van der Waals surface area contributed by atoms with E-state index in [1.54, 1.807) is 14.2 Å². The molecule has 0 amide bonds. The highest BCUT2D eigenvalue weighted by Gasteiger charge is 2.11. The number of hydrogen-bond acceptors (Lipinski definition) is 3. The number of benzene rings is 3. The van der Waals surface area contributed by atoms with Gasteiger partial charge in [-0.3, -0.25) is 4.79 Å². The molecule has 0 spiro atoms. The summed E-state index contributed by atoms with van der Waals surface area (Å²) in [5.74, 6) is 1.58. The number of hydrogen-bond donors (Lipinski definition) is 0. The van der Waals surface area contributed by atoms with Crippen molar-refractivity contribution in [1.29, 1.82) is 0 Å². The minimum Gasteiger partial charge on any atom is -0.497 e. The molecule has 120 valence electrons. The monoisotopic (exact) mass is 318 g/mol. The van der Waals surface area contributed by atoms with Crippen LogP contribution in [0, 0.1) is 0 Å². The second-order valence-corrected chi connectivity index (χ2v) is 5.34. The molecule has 3 rings (SSSR count). The number of aldehydes is 1. The molecule has 0 heterocycles. The fourth-order valence-corrected chi connectivity index (χ4v) is 2.74. The van der Waals surface area contributed by atoms with Gasteiger partial charge in [-0.1, -0.05) is 42.5 Å². The van der Waals surface area contributed by atoms with Crippen molar-refractivity contribution in [2.75, 3.05) is 14.2 Å². The summed E-state index contributed by atoms with van der Waals surface area (Å²) in [5, 5.41) is 0. The molecule has 0 N–H and O–H groups in total. The predicted molar refractivity (Wildman–Crippen MR) is 95.8 cm³/mol. The first-order valence-electron chi connectivity index (χ1n) is 7.64. The molecule has 0 saturated carbocycles. The van der Waals surface area contributed by atoms with Gasteiger partial charge in [0.15, 0.2) is 6.29 Å². The highest BCUT2D eigenvalue weighted by Crippen LogP contribution is 2.32. The Bertz CT molecular complexity index is 768. The topological polar surface area (TPSA) is 35.5 Å². The van der Waals surface area contributed by atoms with Crippen LogP contribution in [0.3, 0.4) is 0 Å². The van der Waals surface area contributed by atoms with Crippen molar-refractivity contribution in [2.24, 2.45) is 0 Å². The quantitative estimate of drug-likeness (QED) is 0.631.